The van der Waals surface area contributed by atoms with E-state index < -0.39 is 5.82 Å². The van der Waals surface area contributed by atoms with Crippen LogP contribution in [0.1, 0.15) is 0 Å². The van der Waals surface area contributed by atoms with Crippen molar-refractivity contribution >= 4 is 27.8 Å². The van der Waals surface area contributed by atoms with Crippen molar-refractivity contribution in [1.29, 1.82) is 0 Å². The molecule has 0 radical (unpaired) electrons. The minimum atomic E-state index is -0.395. The van der Waals surface area contributed by atoms with E-state index in [1.165, 1.54) is 6.07 Å². The van der Waals surface area contributed by atoms with E-state index in [0.29, 0.717) is 39.1 Å². The van der Waals surface area contributed by atoms with E-state index in [1.54, 1.807) is 31.0 Å². The molecule has 0 fully saturated rings. The fourth-order valence-corrected chi connectivity index (χ4v) is 4.04. The molecular weight excluding hydrogens is 431 g/mol. The second-order valence-electron chi connectivity index (χ2n) is 8.16. The molecule has 9 heteroatoms. The van der Waals surface area contributed by atoms with Crippen LogP contribution < -0.4 is 4.90 Å². The minimum absolute atomic E-state index is 0.318. The maximum absolute atomic E-state index is 15.1. The molecule has 166 valence electrons. The number of hydrogen-bond donors (Lipinski definition) is 2. The number of rotatable bonds is 4. The number of H-pyrrole nitrogens is 2. The van der Waals surface area contributed by atoms with Crippen LogP contribution in [0.3, 0.4) is 0 Å². The van der Waals surface area contributed by atoms with Gasteiger partial charge in [-0.05, 0) is 47.5 Å². The Morgan fingerprint density at radius 1 is 0.882 bits per heavy atom. The number of halogens is 1. The third-order valence-electron chi connectivity index (χ3n) is 5.80. The summed E-state index contributed by atoms with van der Waals surface area (Å²) < 4.78 is 15.1. The smallest absolute Gasteiger partial charge is 0.160 e. The molecular formula is C25H19FN8. The Bertz CT molecular complexity index is 1650. The monoisotopic (exact) mass is 450 g/mol. The second kappa shape index (κ2) is 7.73. The molecule has 6 aromatic rings. The summed E-state index contributed by atoms with van der Waals surface area (Å²) in [5.74, 6) is 0.111. The molecule has 0 saturated carbocycles. The summed E-state index contributed by atoms with van der Waals surface area (Å²) in [6.45, 7) is 0. The van der Waals surface area contributed by atoms with Crippen LogP contribution in [-0.4, -0.2) is 49.2 Å². The third kappa shape index (κ3) is 3.25. The van der Waals surface area contributed by atoms with Crippen molar-refractivity contribution in [2.24, 2.45) is 0 Å². The first kappa shape index (κ1) is 20.0. The number of hydrogen-bond acceptors (Lipinski definition) is 6. The van der Waals surface area contributed by atoms with Gasteiger partial charge in [-0.25, -0.2) is 14.4 Å². The lowest BCUT2D eigenvalue weighted by Crippen LogP contribution is -2.08. The molecule has 1 aromatic carbocycles. The van der Waals surface area contributed by atoms with Gasteiger partial charge in [0.25, 0.3) is 0 Å². The van der Waals surface area contributed by atoms with Crippen molar-refractivity contribution in [2.75, 3.05) is 19.0 Å². The summed E-state index contributed by atoms with van der Waals surface area (Å²) >= 11 is 0. The topological polar surface area (TPSA) is 99.3 Å². The lowest BCUT2D eigenvalue weighted by atomic mass is 10.0. The molecule has 0 amide bonds. The number of fused-ring (bicyclic) bond motifs is 2. The van der Waals surface area contributed by atoms with E-state index in [0.717, 1.165) is 22.4 Å². The first-order valence-electron chi connectivity index (χ1n) is 10.6. The zero-order chi connectivity index (χ0) is 23.2. The van der Waals surface area contributed by atoms with Gasteiger partial charge in [0, 0.05) is 55.4 Å². The maximum atomic E-state index is 15.1. The molecule has 0 unspecified atom stereocenters. The van der Waals surface area contributed by atoms with Crippen molar-refractivity contribution in [2.45, 2.75) is 0 Å². The zero-order valence-corrected chi connectivity index (χ0v) is 18.4. The molecule has 8 nitrogen and oxygen atoms in total. The Labute approximate surface area is 193 Å². The highest BCUT2D eigenvalue weighted by molar-refractivity contribution is 5.97. The average molecular weight is 450 g/mol. The van der Waals surface area contributed by atoms with Crippen LogP contribution in [0.2, 0.25) is 0 Å². The van der Waals surface area contributed by atoms with Gasteiger partial charge in [0.15, 0.2) is 11.5 Å². The number of pyridine rings is 3. The van der Waals surface area contributed by atoms with Gasteiger partial charge in [-0.3, -0.25) is 15.1 Å². The van der Waals surface area contributed by atoms with Gasteiger partial charge < -0.3 is 9.88 Å². The van der Waals surface area contributed by atoms with Crippen molar-refractivity contribution in [1.82, 2.24) is 35.1 Å². The third-order valence-corrected chi connectivity index (χ3v) is 5.80. The molecule has 5 aromatic heterocycles. The number of imidazole rings is 1. The van der Waals surface area contributed by atoms with Gasteiger partial charge in [0.05, 0.1) is 11.9 Å². The quantitative estimate of drug-likeness (QED) is 0.399. The number of benzene rings is 1. The zero-order valence-electron chi connectivity index (χ0n) is 18.4. The fraction of sp³-hybridized carbons (Fsp3) is 0.0800. The van der Waals surface area contributed by atoms with Gasteiger partial charge in [0.1, 0.15) is 22.5 Å². The summed E-state index contributed by atoms with van der Waals surface area (Å²) in [6, 6.07) is 11.1. The van der Waals surface area contributed by atoms with E-state index in [9.17, 15) is 0 Å². The van der Waals surface area contributed by atoms with Gasteiger partial charge in [-0.15, -0.1) is 0 Å². The molecule has 2 N–H and O–H groups in total. The highest BCUT2D eigenvalue weighted by atomic mass is 19.1. The van der Waals surface area contributed by atoms with Gasteiger partial charge in [0.2, 0.25) is 0 Å². The standard InChI is InChI=1S/C25H19FN8/c1-34(2)17-9-16(12-28-13-17)15-10-19-21(20(26)11-15)32-33-23(19)25-30-22-18(5-8-29-24(22)31-25)14-3-6-27-7-4-14/h3-13H,1-2H3,(H,32,33)(H,29,30,31). The number of aromatic nitrogens is 7. The molecule has 0 bridgehead atoms. The lowest BCUT2D eigenvalue weighted by molar-refractivity contribution is 0.636. The lowest BCUT2D eigenvalue weighted by Gasteiger charge is -2.13. The Kier molecular flexibility index (Phi) is 4.54. The highest BCUT2D eigenvalue weighted by Gasteiger charge is 2.18. The van der Waals surface area contributed by atoms with E-state index in [4.69, 9.17) is 4.98 Å². The Balaban J connectivity index is 1.51. The predicted octanol–water partition coefficient (Wildman–Crippen LogP) is 4.83. The largest absolute Gasteiger partial charge is 0.376 e. The number of aromatic amines is 2. The predicted molar refractivity (Wildman–Crippen MR) is 130 cm³/mol. The fourth-order valence-electron chi connectivity index (χ4n) is 4.04. The normalized spacial score (nSPS) is 11.4. The first-order chi connectivity index (χ1) is 16.6. The maximum Gasteiger partial charge on any atom is 0.160 e. The summed E-state index contributed by atoms with van der Waals surface area (Å²) in [5.41, 5.74) is 6.52. The molecule has 6 rings (SSSR count). The van der Waals surface area contributed by atoms with Crippen molar-refractivity contribution in [3.63, 3.8) is 0 Å². The Morgan fingerprint density at radius 3 is 2.56 bits per heavy atom. The summed E-state index contributed by atoms with van der Waals surface area (Å²) in [7, 11) is 3.88. The van der Waals surface area contributed by atoms with E-state index in [1.807, 2.05) is 49.3 Å². The van der Waals surface area contributed by atoms with Crippen LogP contribution >= 0.6 is 0 Å². The summed E-state index contributed by atoms with van der Waals surface area (Å²) in [4.78, 5) is 22.8. The van der Waals surface area contributed by atoms with E-state index >= 15 is 4.39 Å². The molecule has 0 aliphatic rings. The van der Waals surface area contributed by atoms with E-state index in [2.05, 4.69) is 30.1 Å². The van der Waals surface area contributed by atoms with Gasteiger partial charge >= 0.3 is 0 Å². The van der Waals surface area contributed by atoms with Crippen LogP contribution in [0, 0.1) is 5.82 Å². The average Bonchev–Trinajstić information content (AvgIpc) is 3.49. The van der Waals surface area contributed by atoms with Crippen molar-refractivity contribution < 1.29 is 4.39 Å². The second-order valence-corrected chi connectivity index (χ2v) is 8.16. The van der Waals surface area contributed by atoms with E-state index in [-0.39, 0.29) is 0 Å². The van der Waals surface area contributed by atoms with Gasteiger partial charge in [-0.2, -0.15) is 5.10 Å². The minimum Gasteiger partial charge on any atom is -0.376 e. The van der Waals surface area contributed by atoms with Crippen LogP contribution in [-0.2, 0) is 0 Å². The summed E-state index contributed by atoms with van der Waals surface area (Å²) in [5, 5.41) is 7.82. The molecule has 5 heterocycles. The van der Waals surface area contributed by atoms with Crippen molar-refractivity contribution in [3.05, 3.63) is 73.2 Å². The number of nitrogens with one attached hydrogen (secondary N) is 2. The number of anilines is 1. The van der Waals surface area contributed by atoms with Crippen LogP contribution in [0.4, 0.5) is 10.1 Å². The first-order valence-corrected chi connectivity index (χ1v) is 10.6. The molecule has 0 saturated heterocycles. The molecule has 0 atom stereocenters. The number of nitrogens with zero attached hydrogens (tertiary/aromatic N) is 6. The highest BCUT2D eigenvalue weighted by Crippen LogP contribution is 2.34. The Morgan fingerprint density at radius 2 is 1.74 bits per heavy atom. The van der Waals surface area contributed by atoms with Crippen LogP contribution in [0.5, 0.6) is 0 Å². The molecule has 0 aliphatic carbocycles. The molecule has 0 spiro atoms. The molecule has 0 aliphatic heterocycles. The Hall–Kier alpha value is -4.66. The van der Waals surface area contributed by atoms with Crippen molar-refractivity contribution in [3.8, 4) is 33.8 Å². The van der Waals surface area contributed by atoms with Gasteiger partial charge in [-0.1, -0.05) is 0 Å². The SMILES string of the molecule is CN(C)c1cncc(-c2cc(F)c3[nH]nc(-c4nc5c(-c6ccncc6)ccnc5[nH]4)c3c2)c1. The molecule has 34 heavy (non-hydrogen) atoms. The van der Waals surface area contributed by atoms with Crippen LogP contribution in [0.15, 0.2) is 67.4 Å². The van der Waals surface area contributed by atoms with Crippen LogP contribution in [0.25, 0.3) is 55.8 Å². The summed E-state index contributed by atoms with van der Waals surface area (Å²) in [6.07, 6.45) is 8.69.